The van der Waals surface area contributed by atoms with Crippen LogP contribution in [0, 0.1) is 47.1 Å². The summed E-state index contributed by atoms with van der Waals surface area (Å²) in [7, 11) is -2.08. The molecule has 27 heteroatoms. The van der Waals surface area contributed by atoms with Crippen molar-refractivity contribution in [2.45, 2.75) is 84.1 Å². The molecule has 4 aromatic carbocycles. The zero-order valence-electron chi connectivity index (χ0n) is 59.6. The van der Waals surface area contributed by atoms with E-state index in [1.165, 1.54) is 33.5 Å². The van der Waals surface area contributed by atoms with Gasteiger partial charge in [0, 0.05) is 80.4 Å². The van der Waals surface area contributed by atoms with Crippen molar-refractivity contribution in [1.82, 2.24) is 9.80 Å². The number of alkyl halides is 3. The van der Waals surface area contributed by atoms with Crippen molar-refractivity contribution in [2.75, 3.05) is 64.4 Å². The molecule has 1 amide bonds. The molecule has 4 aliphatic rings. The number of aryl methyl sites for hydroxylation is 1. The molecule has 548 valence electrons. The summed E-state index contributed by atoms with van der Waals surface area (Å²) in [6.45, 7) is 32.5. The number of nitrogens with one attached hydrogen (secondary N) is 1. The Hall–Kier alpha value is -11.1. The number of hydrogen-bond acceptors (Lipinski definition) is 16. The number of amides is 1. The van der Waals surface area contributed by atoms with Gasteiger partial charge in [-0.2, -0.15) is 43.2 Å². The van der Waals surface area contributed by atoms with Crippen LogP contribution in [-0.4, -0.2) is 112 Å². The Morgan fingerprint density at radius 3 is 1.91 bits per heavy atom. The maximum absolute atomic E-state index is 12.4. The minimum atomic E-state index is -6.09. The minimum Gasteiger partial charge on any atom is -0.762 e. The number of rotatable bonds is 18. The minimum absolute atomic E-state index is 0.164. The average molecular weight is 1510 g/mol. The Morgan fingerprint density at radius 2 is 1.37 bits per heavy atom. The SMILES string of the molecule is CC(=O)Oc1ccc2c(c1)N(C)/C(=C/C=C1CCCC(/C=C/c3sc4ccc(OC(C)=O)cc4[n+]3C)=C1Cl)S2.CC[NH+](CC)CC.O=S(=O)([O-])C(F)(F)F.[C-]#[N+]C([N+]#[C-])=C(/C(C#N)=C/C=C/C1=C(N2CCN(C(=O)OCC)CC2)C(=C/C=C/C(C#N)=C(/C(=C=[N-])C#N)c2ccccc2)CC1)c1ccccc1. The molecule has 2 aliphatic heterocycles. The Morgan fingerprint density at radius 1 is 0.764 bits per heavy atom. The van der Waals surface area contributed by atoms with E-state index in [0.29, 0.717) is 61.6 Å². The largest absolute Gasteiger partial charge is 0.762 e. The lowest BCUT2D eigenvalue weighted by Gasteiger charge is -2.37. The number of benzene rings is 4. The second-order valence-corrected chi connectivity index (χ2v) is 27.2. The molecule has 3 heterocycles. The number of carbonyl (C=O) groups excluding carboxylic acids is 3. The predicted octanol–water partition coefficient (Wildman–Crippen LogP) is 15.4. The molecule has 2 aliphatic carbocycles. The third kappa shape index (κ3) is 23.2. The van der Waals surface area contributed by atoms with Gasteiger partial charge in [-0.05, 0) is 136 Å². The lowest BCUT2D eigenvalue weighted by Crippen LogP contribution is -3.11. The van der Waals surface area contributed by atoms with Gasteiger partial charge in [-0.15, -0.1) is 0 Å². The van der Waals surface area contributed by atoms with Crippen molar-refractivity contribution in [1.29, 1.82) is 15.8 Å². The molecule has 1 saturated heterocycles. The standard InChI is InChI=1S/C42H33N8O2.C30H28ClN2O4S2.C6H15N.CHF3O3S/c1-4-52-42(51)50-25-23-49(24-26-50)40-33(17-11-19-35(27-43)38(37(29-45)30-46)31-13-7-5-8-14-31)21-22-34(40)18-12-20-36(28-44)39(41(47-2)48-3)32-15-9-6-10-16-32;1-18(34)36-22-10-12-26-24(16-22)32(3)28(38-26)14-8-20-6-5-7-21(30(20)31)9-15-29-33(4)25-17-23(37-19(2)35)11-13-27(25)39-29;1-4-7(5-2)6-3;2-1(3,4)8(5,6)7/h5-20H,4,21-26H2,1H3;8-17H,5-7H2,1-4H3;4-6H2,1-3H3;(H,5,6,7)/q-1;+1;;/b18-12+,19-11+,33-17?,36-20+,38-35-;;;. The number of hydrogen-bond donors (Lipinski definition) is 1. The lowest BCUT2D eigenvalue weighted by molar-refractivity contribution is -0.894. The Kier molecular flexibility index (Phi) is 32.3. The normalized spacial score (nSPS) is 15.8. The van der Waals surface area contributed by atoms with E-state index in [2.05, 4.69) is 81.3 Å². The number of aromatic nitrogens is 1. The number of thiazole rings is 1. The molecule has 9 rings (SSSR count). The van der Waals surface area contributed by atoms with E-state index < -0.39 is 15.6 Å². The van der Waals surface area contributed by atoms with Gasteiger partial charge in [0.15, 0.2) is 10.1 Å². The maximum atomic E-state index is 12.4. The molecular weight excluding hydrogens is 1440 g/mol. The monoisotopic (exact) mass is 1510 g/mol. The van der Waals surface area contributed by atoms with Gasteiger partial charge in [-0.1, -0.05) is 132 Å². The summed E-state index contributed by atoms with van der Waals surface area (Å²) in [5, 5.41) is 42.5. The first-order chi connectivity index (χ1) is 50.7. The van der Waals surface area contributed by atoms with Crippen molar-refractivity contribution in [3.63, 3.8) is 0 Å². The molecule has 1 fully saturated rings. The van der Waals surface area contributed by atoms with Crippen LogP contribution in [0.25, 0.3) is 42.5 Å². The smallest absolute Gasteiger partial charge is 0.528 e. The van der Waals surface area contributed by atoms with Crippen molar-refractivity contribution in [3.8, 4) is 29.7 Å². The number of ether oxygens (including phenoxy) is 3. The second-order valence-electron chi connectivity index (χ2n) is 23.3. The number of nitrogens with zero attached hydrogens (tertiary/aromatic N) is 10. The first kappa shape index (κ1) is 83.9. The van der Waals surface area contributed by atoms with E-state index in [1.807, 2.05) is 86.7 Å². The summed E-state index contributed by atoms with van der Waals surface area (Å²) in [6.07, 6.45) is 22.8. The van der Waals surface area contributed by atoms with Crippen LogP contribution < -0.4 is 23.8 Å². The van der Waals surface area contributed by atoms with E-state index in [0.717, 1.165) is 83.1 Å². The maximum Gasteiger partial charge on any atom is 0.528 e. The third-order valence-electron chi connectivity index (χ3n) is 16.6. The number of halogens is 4. The van der Waals surface area contributed by atoms with Crippen molar-refractivity contribution >= 4 is 102 Å². The highest BCUT2D eigenvalue weighted by Crippen LogP contribution is 2.47. The summed E-state index contributed by atoms with van der Waals surface area (Å²) < 4.78 is 77.8. The number of carbonyl (C=O) groups is 3. The molecule has 0 unspecified atom stereocenters. The molecule has 5 aromatic rings. The highest BCUT2D eigenvalue weighted by Gasteiger charge is 2.37. The van der Waals surface area contributed by atoms with Gasteiger partial charge in [-0.3, -0.25) is 9.59 Å². The Labute approximate surface area is 629 Å². The number of allylic oxidation sites excluding steroid dienone is 19. The third-order valence-corrected chi connectivity index (χ3v) is 20.0. The van der Waals surface area contributed by atoms with Gasteiger partial charge in [-0.25, -0.2) is 19.1 Å². The number of esters is 2. The number of anilines is 1. The Bertz CT molecular complexity index is 4840. The highest BCUT2D eigenvalue weighted by molar-refractivity contribution is 8.03. The van der Waals surface area contributed by atoms with Crippen LogP contribution in [-0.2, 0) is 31.5 Å². The van der Waals surface area contributed by atoms with E-state index in [9.17, 15) is 48.7 Å². The summed E-state index contributed by atoms with van der Waals surface area (Å²) in [5.74, 6) is 2.14. The van der Waals surface area contributed by atoms with Crippen LogP contribution in [0.1, 0.15) is 89.8 Å². The second kappa shape index (κ2) is 40.8. The number of nitriles is 3. The van der Waals surface area contributed by atoms with Crippen molar-refractivity contribution in [3.05, 3.63) is 257 Å². The van der Waals surface area contributed by atoms with Gasteiger partial charge in [0.2, 0.25) is 5.52 Å². The highest BCUT2D eigenvalue weighted by atomic mass is 35.5. The van der Waals surface area contributed by atoms with E-state index in [-0.39, 0.29) is 58.3 Å². The van der Waals surface area contributed by atoms with Crippen molar-refractivity contribution < 1.29 is 64.2 Å². The van der Waals surface area contributed by atoms with Crippen LogP contribution in [0.3, 0.4) is 0 Å². The van der Waals surface area contributed by atoms with E-state index in [1.54, 1.807) is 113 Å². The molecule has 0 bridgehead atoms. The summed E-state index contributed by atoms with van der Waals surface area (Å²) in [4.78, 5) is 50.6. The number of quaternary nitrogens is 1. The first-order valence-corrected chi connectivity index (χ1v) is 36.8. The van der Waals surface area contributed by atoms with Gasteiger partial charge < -0.3 is 43.8 Å². The zero-order valence-corrected chi connectivity index (χ0v) is 62.8. The summed E-state index contributed by atoms with van der Waals surface area (Å²) >= 11 is 10.2. The predicted molar refractivity (Wildman–Crippen MR) is 406 cm³/mol. The number of piperazine rings is 1. The summed E-state index contributed by atoms with van der Waals surface area (Å²) in [5.41, 5.74) is 3.44. The van der Waals surface area contributed by atoms with E-state index >= 15 is 0 Å². The molecule has 106 heavy (non-hydrogen) atoms. The zero-order chi connectivity index (χ0) is 77.7. The fourth-order valence-electron chi connectivity index (χ4n) is 11.3. The molecule has 1 aromatic heterocycles. The molecular formula is C79H77ClF3N11O9S3. The van der Waals surface area contributed by atoms with Crippen LogP contribution in [0.2, 0.25) is 0 Å². The lowest BCUT2D eigenvalue weighted by atomic mass is 9.94. The van der Waals surface area contributed by atoms with E-state index in [4.69, 9.17) is 51.9 Å². The van der Waals surface area contributed by atoms with Gasteiger partial charge in [0.05, 0.1) is 77.5 Å². The average Bonchev–Trinajstić information content (AvgIpc) is 1.13. The van der Waals surface area contributed by atoms with Crippen molar-refractivity contribution in [2.24, 2.45) is 7.05 Å². The van der Waals surface area contributed by atoms with Crippen LogP contribution in [0.4, 0.5) is 23.7 Å². The fourth-order valence-corrected chi connectivity index (χ4v) is 13.7. The molecule has 0 radical (unpaired) electrons. The van der Waals surface area contributed by atoms with Crippen LogP contribution in [0.5, 0.6) is 11.5 Å². The Balaban J connectivity index is 0.000000284. The van der Waals surface area contributed by atoms with Gasteiger partial charge >= 0.3 is 29.4 Å². The molecule has 1 N–H and O–H groups in total. The fraction of sp³-hybridized carbons (Fsp3) is 0.278. The number of thioether (sulfide) groups is 1. The molecule has 20 nitrogen and oxygen atoms in total. The molecule has 0 atom stereocenters. The first-order valence-electron chi connectivity index (χ1n) is 33.4. The van der Waals surface area contributed by atoms with Gasteiger partial charge in [0.25, 0.3) is 5.01 Å². The molecule has 0 saturated carbocycles. The quantitative estimate of drug-likeness (QED) is 0.00984. The topological polar surface area (TPSA) is 257 Å². The molecule has 0 spiro atoms. The van der Waals surface area contributed by atoms with Crippen LogP contribution in [0.15, 0.2) is 217 Å². The summed E-state index contributed by atoms with van der Waals surface area (Å²) in [6, 6.07) is 35.3. The van der Waals surface area contributed by atoms with Gasteiger partial charge in [0.1, 0.15) is 42.5 Å². The van der Waals surface area contributed by atoms with Crippen LogP contribution >= 0.6 is 34.7 Å². The number of fused-ring (bicyclic) bond motifs is 2.